The number of nitrogens with zero attached hydrogens (tertiary/aromatic N) is 3. The number of aliphatic hydroxyl groups excluding tert-OH is 1. The lowest BCUT2D eigenvalue weighted by atomic mass is 10.1. The lowest BCUT2D eigenvalue weighted by Gasteiger charge is -2.29. The highest BCUT2D eigenvalue weighted by atomic mass is 35.5. The zero-order chi connectivity index (χ0) is 25.7. The van der Waals surface area contributed by atoms with Crippen LogP contribution >= 0.6 is 24.0 Å². The lowest BCUT2D eigenvalue weighted by molar-refractivity contribution is 0.0792. The van der Waals surface area contributed by atoms with E-state index in [1.165, 1.54) is 5.56 Å². The molecule has 0 spiro atoms. The van der Waals surface area contributed by atoms with E-state index in [-0.39, 0.29) is 24.4 Å². The largest absolute Gasteiger partial charge is 0.493 e. The van der Waals surface area contributed by atoms with Gasteiger partial charge in [-0.25, -0.2) is 0 Å². The summed E-state index contributed by atoms with van der Waals surface area (Å²) in [6.07, 6.45) is 1.48. The van der Waals surface area contributed by atoms with Crippen LogP contribution in [0.5, 0.6) is 5.75 Å². The Morgan fingerprint density at radius 2 is 1.84 bits per heavy atom. The molecule has 7 nitrogen and oxygen atoms in total. The van der Waals surface area contributed by atoms with Crippen LogP contribution < -0.4 is 10.1 Å². The number of ether oxygens (including phenoxy) is 1. The molecule has 1 aliphatic rings. The van der Waals surface area contributed by atoms with E-state index in [4.69, 9.17) is 16.3 Å². The van der Waals surface area contributed by atoms with Crippen LogP contribution in [0.4, 0.5) is 5.69 Å². The Hall–Kier alpha value is -2.58. The smallest absolute Gasteiger partial charge is 0.276 e. The van der Waals surface area contributed by atoms with Crippen LogP contribution in [0.3, 0.4) is 0 Å². The maximum absolute atomic E-state index is 12.9. The van der Waals surface area contributed by atoms with Crippen molar-refractivity contribution in [3.8, 4) is 5.75 Å². The molecule has 0 atom stereocenters. The highest BCUT2D eigenvalue weighted by Crippen LogP contribution is 2.25. The van der Waals surface area contributed by atoms with Gasteiger partial charge >= 0.3 is 0 Å². The quantitative estimate of drug-likeness (QED) is 0.367. The van der Waals surface area contributed by atoms with Crippen molar-refractivity contribution >= 4 is 35.6 Å². The molecule has 1 aliphatic heterocycles. The minimum absolute atomic E-state index is 0. The van der Waals surface area contributed by atoms with Gasteiger partial charge in [-0.15, -0.1) is 12.4 Å². The maximum Gasteiger partial charge on any atom is 0.276 e. The normalized spacial score (nSPS) is 14.4. The van der Waals surface area contributed by atoms with Gasteiger partial charge in [-0.05, 0) is 67.6 Å². The Kier molecular flexibility index (Phi) is 10.4. The van der Waals surface area contributed by atoms with Crippen LogP contribution in [0.15, 0.2) is 48.5 Å². The number of halogens is 2. The number of aliphatic hydroxyl groups is 1. The molecule has 1 aromatic heterocycles. The summed E-state index contributed by atoms with van der Waals surface area (Å²) in [5, 5.41) is 17.8. The van der Waals surface area contributed by atoms with Crippen molar-refractivity contribution in [2.24, 2.45) is 5.92 Å². The van der Waals surface area contributed by atoms with Gasteiger partial charge < -0.3 is 15.2 Å². The Labute approximate surface area is 230 Å². The van der Waals surface area contributed by atoms with Crippen molar-refractivity contribution in [2.45, 2.75) is 52.8 Å². The third kappa shape index (κ3) is 8.20. The molecule has 1 saturated heterocycles. The number of anilines is 1. The first-order chi connectivity index (χ1) is 17.3. The average molecular weight is 548 g/mol. The second-order valence-electron chi connectivity index (χ2n) is 9.94. The van der Waals surface area contributed by atoms with Gasteiger partial charge in [0.1, 0.15) is 5.75 Å². The minimum Gasteiger partial charge on any atom is -0.493 e. The summed E-state index contributed by atoms with van der Waals surface area (Å²) < 4.78 is 7.76. The number of hydrogen-bond acceptors (Lipinski definition) is 5. The van der Waals surface area contributed by atoms with E-state index in [0.717, 1.165) is 55.2 Å². The van der Waals surface area contributed by atoms with E-state index in [1.54, 1.807) is 10.7 Å². The van der Waals surface area contributed by atoms with Gasteiger partial charge in [0.25, 0.3) is 5.91 Å². The first-order valence-electron chi connectivity index (χ1n) is 12.5. The number of benzene rings is 2. The summed E-state index contributed by atoms with van der Waals surface area (Å²) in [4.78, 5) is 15.2. The van der Waals surface area contributed by atoms with Crippen molar-refractivity contribution in [1.82, 2.24) is 14.7 Å². The molecule has 0 saturated carbocycles. The second kappa shape index (κ2) is 13.3. The first-order valence-corrected chi connectivity index (χ1v) is 12.9. The summed E-state index contributed by atoms with van der Waals surface area (Å²) >= 11 is 6.24. The predicted octanol–water partition coefficient (Wildman–Crippen LogP) is 5.56. The van der Waals surface area contributed by atoms with Crippen LogP contribution in [0.2, 0.25) is 5.02 Å². The van der Waals surface area contributed by atoms with Crippen molar-refractivity contribution < 1.29 is 14.6 Å². The summed E-state index contributed by atoms with van der Waals surface area (Å²) in [5.74, 6) is 0.926. The fourth-order valence-corrected chi connectivity index (χ4v) is 4.43. The number of aromatic nitrogens is 2. The van der Waals surface area contributed by atoms with E-state index in [1.807, 2.05) is 49.4 Å². The van der Waals surface area contributed by atoms with E-state index in [2.05, 4.69) is 29.2 Å². The van der Waals surface area contributed by atoms with Gasteiger partial charge in [0.15, 0.2) is 5.69 Å². The summed E-state index contributed by atoms with van der Waals surface area (Å²) in [6.45, 7) is 9.85. The van der Waals surface area contributed by atoms with Crippen molar-refractivity contribution in [3.05, 3.63) is 76.1 Å². The standard InChI is InChI=1S/C28H35ClN4O3.ClH/c1-19(2)18-36-27-9-6-23(29)15-22(27)17-33-20(3)14-26(31-33)28(35)30-24-7-4-21(5-8-24)16-32-12-10-25(34)11-13-32;/h4-9,14-15,19,25,34H,10-13,16-18H2,1-3H3,(H,30,35);1H. The third-order valence-electron chi connectivity index (χ3n) is 6.30. The van der Waals surface area contributed by atoms with E-state index >= 15 is 0 Å². The summed E-state index contributed by atoms with van der Waals surface area (Å²) in [5.41, 5.74) is 4.05. The van der Waals surface area contributed by atoms with Gasteiger partial charge in [0.05, 0.1) is 19.3 Å². The molecule has 1 amide bonds. The highest BCUT2D eigenvalue weighted by Gasteiger charge is 2.18. The van der Waals surface area contributed by atoms with Crippen LogP contribution in [0, 0.1) is 12.8 Å². The lowest BCUT2D eigenvalue weighted by Crippen LogP contribution is -2.35. The molecule has 0 unspecified atom stereocenters. The van der Waals surface area contributed by atoms with E-state index in [0.29, 0.717) is 29.8 Å². The molecule has 9 heteroatoms. The number of piperidine rings is 1. The van der Waals surface area contributed by atoms with Gasteiger partial charge in [0.2, 0.25) is 0 Å². The molecule has 0 aliphatic carbocycles. The molecule has 37 heavy (non-hydrogen) atoms. The molecule has 2 N–H and O–H groups in total. The van der Waals surface area contributed by atoms with E-state index < -0.39 is 0 Å². The number of hydrogen-bond donors (Lipinski definition) is 2. The molecule has 2 heterocycles. The molecular formula is C28H36Cl2N4O3. The molecule has 200 valence electrons. The molecule has 4 rings (SSSR count). The SMILES string of the molecule is Cc1cc(C(=O)Nc2ccc(CN3CCC(O)CC3)cc2)nn1Cc1cc(Cl)ccc1OCC(C)C.Cl. The fraction of sp³-hybridized carbons (Fsp3) is 0.429. The van der Waals surface area contributed by atoms with Crippen molar-refractivity contribution in [2.75, 3.05) is 25.0 Å². The average Bonchev–Trinajstić information content (AvgIpc) is 3.21. The Morgan fingerprint density at radius 1 is 1.14 bits per heavy atom. The molecule has 3 aromatic rings. The summed E-state index contributed by atoms with van der Waals surface area (Å²) in [6, 6.07) is 15.3. The van der Waals surface area contributed by atoms with Crippen LogP contribution in [-0.4, -0.2) is 51.5 Å². The predicted molar refractivity (Wildman–Crippen MR) is 150 cm³/mol. The van der Waals surface area contributed by atoms with Gasteiger partial charge in [-0.1, -0.05) is 37.6 Å². The number of carbonyl (C=O) groups excluding carboxylic acids is 1. The fourth-order valence-electron chi connectivity index (χ4n) is 4.24. The number of aryl methyl sites for hydroxylation is 1. The van der Waals surface area contributed by atoms with Gasteiger partial charge in [-0.3, -0.25) is 14.4 Å². The number of nitrogens with one attached hydrogen (secondary N) is 1. The number of likely N-dealkylation sites (tertiary alicyclic amines) is 1. The second-order valence-corrected chi connectivity index (χ2v) is 10.4. The van der Waals surface area contributed by atoms with Crippen molar-refractivity contribution in [3.63, 3.8) is 0 Å². The number of amides is 1. The Morgan fingerprint density at radius 3 is 2.51 bits per heavy atom. The van der Waals surface area contributed by atoms with E-state index in [9.17, 15) is 9.90 Å². The topological polar surface area (TPSA) is 79.6 Å². The highest BCUT2D eigenvalue weighted by molar-refractivity contribution is 6.30. The number of rotatable bonds is 9. The summed E-state index contributed by atoms with van der Waals surface area (Å²) in [7, 11) is 0. The molecule has 0 bridgehead atoms. The third-order valence-corrected chi connectivity index (χ3v) is 6.54. The molecule has 0 radical (unpaired) electrons. The number of carbonyl (C=O) groups is 1. The maximum atomic E-state index is 12.9. The zero-order valence-electron chi connectivity index (χ0n) is 21.6. The Balaban J connectivity index is 0.00000380. The van der Waals surface area contributed by atoms with Gasteiger partial charge in [0, 0.05) is 41.6 Å². The molecule has 1 fully saturated rings. The van der Waals surface area contributed by atoms with Gasteiger partial charge in [-0.2, -0.15) is 5.10 Å². The minimum atomic E-state index is -0.253. The van der Waals surface area contributed by atoms with Crippen molar-refractivity contribution in [1.29, 1.82) is 0 Å². The van der Waals surface area contributed by atoms with Crippen LogP contribution in [-0.2, 0) is 13.1 Å². The molecule has 2 aromatic carbocycles. The monoisotopic (exact) mass is 546 g/mol. The van der Waals surface area contributed by atoms with Crippen LogP contribution in [0.25, 0.3) is 0 Å². The molecular weight excluding hydrogens is 511 g/mol. The first kappa shape index (κ1) is 29.0. The Bertz CT molecular complexity index is 1170. The zero-order valence-corrected chi connectivity index (χ0v) is 23.2. The van der Waals surface area contributed by atoms with Crippen LogP contribution in [0.1, 0.15) is 54.0 Å².